The lowest BCUT2D eigenvalue weighted by atomic mass is 10.0. The fraction of sp³-hybridized carbons (Fsp3) is 0.0769. The SMILES string of the molecule is O=S1Nc2ccccc2-c2c1ccc1c2C1. The molecule has 0 spiro atoms. The third-order valence-corrected chi connectivity index (χ3v) is 4.36. The molecule has 78 valence electrons. The fourth-order valence-electron chi connectivity index (χ4n) is 2.36. The van der Waals surface area contributed by atoms with Crippen molar-refractivity contribution in [2.75, 3.05) is 4.72 Å². The second-order valence-electron chi connectivity index (χ2n) is 4.17. The zero-order chi connectivity index (χ0) is 10.7. The maximum atomic E-state index is 12.0. The first-order valence-electron chi connectivity index (χ1n) is 5.27. The predicted octanol–water partition coefficient (Wildman–Crippen LogP) is 2.71. The molecule has 0 radical (unpaired) electrons. The van der Waals surface area contributed by atoms with Gasteiger partial charge in [-0.25, -0.2) is 4.21 Å². The van der Waals surface area contributed by atoms with Crippen molar-refractivity contribution in [2.24, 2.45) is 0 Å². The first-order chi connectivity index (χ1) is 7.84. The minimum absolute atomic E-state index is 0.926. The van der Waals surface area contributed by atoms with Crippen LogP contribution >= 0.6 is 0 Å². The van der Waals surface area contributed by atoms with Gasteiger partial charge in [-0.2, -0.15) is 0 Å². The van der Waals surface area contributed by atoms with Crippen LogP contribution in [0.1, 0.15) is 11.1 Å². The Balaban J connectivity index is 2.12. The van der Waals surface area contributed by atoms with Gasteiger partial charge < -0.3 is 4.72 Å². The molecule has 4 rings (SSSR count). The monoisotopic (exact) mass is 227 g/mol. The largest absolute Gasteiger partial charge is 0.301 e. The molecule has 0 bridgehead atoms. The van der Waals surface area contributed by atoms with Crippen molar-refractivity contribution in [1.82, 2.24) is 0 Å². The molecule has 1 heterocycles. The van der Waals surface area contributed by atoms with Crippen LogP contribution in [0.25, 0.3) is 11.1 Å². The van der Waals surface area contributed by atoms with Crippen LogP contribution in [0, 0.1) is 0 Å². The molecule has 0 fully saturated rings. The van der Waals surface area contributed by atoms with E-state index in [1.54, 1.807) is 0 Å². The van der Waals surface area contributed by atoms with E-state index in [-0.39, 0.29) is 0 Å². The van der Waals surface area contributed by atoms with Gasteiger partial charge in [0, 0.05) is 11.1 Å². The molecule has 1 aliphatic carbocycles. The Labute approximate surface area is 95.9 Å². The first-order valence-corrected chi connectivity index (χ1v) is 6.42. The summed E-state index contributed by atoms with van der Waals surface area (Å²) in [6.07, 6.45) is 1.06. The summed E-state index contributed by atoms with van der Waals surface area (Å²) in [6, 6.07) is 12.1. The van der Waals surface area contributed by atoms with E-state index in [1.807, 2.05) is 24.3 Å². The summed E-state index contributed by atoms with van der Waals surface area (Å²) >= 11 is 0. The maximum Gasteiger partial charge on any atom is 0.150 e. The quantitative estimate of drug-likeness (QED) is 0.628. The highest BCUT2D eigenvalue weighted by atomic mass is 32.2. The minimum Gasteiger partial charge on any atom is -0.301 e. The highest BCUT2D eigenvalue weighted by molar-refractivity contribution is 7.86. The lowest BCUT2D eigenvalue weighted by Crippen LogP contribution is -2.11. The van der Waals surface area contributed by atoms with Crippen LogP contribution in [0.3, 0.4) is 0 Å². The molecule has 1 atom stereocenters. The number of para-hydroxylation sites is 1. The number of nitrogens with one attached hydrogen (secondary N) is 1. The molecule has 0 saturated carbocycles. The highest BCUT2D eigenvalue weighted by Gasteiger charge is 2.30. The van der Waals surface area contributed by atoms with Gasteiger partial charge in [0.1, 0.15) is 0 Å². The van der Waals surface area contributed by atoms with Gasteiger partial charge in [-0.15, -0.1) is 0 Å². The van der Waals surface area contributed by atoms with Gasteiger partial charge in [0.15, 0.2) is 11.0 Å². The van der Waals surface area contributed by atoms with Gasteiger partial charge in [0.05, 0.1) is 10.6 Å². The predicted molar refractivity (Wildman–Crippen MR) is 64.7 cm³/mol. The average molecular weight is 227 g/mol. The van der Waals surface area contributed by atoms with Crippen LogP contribution in [0.15, 0.2) is 41.3 Å². The van der Waals surface area contributed by atoms with Crippen LogP contribution in [0.2, 0.25) is 0 Å². The second kappa shape index (κ2) is 2.74. The molecule has 16 heavy (non-hydrogen) atoms. The van der Waals surface area contributed by atoms with Gasteiger partial charge in [0.25, 0.3) is 0 Å². The number of hydrogen-bond donors (Lipinski definition) is 1. The Hall–Kier alpha value is -1.61. The smallest absolute Gasteiger partial charge is 0.150 e. The van der Waals surface area contributed by atoms with Crippen LogP contribution in [0.4, 0.5) is 5.69 Å². The summed E-state index contributed by atoms with van der Waals surface area (Å²) in [4.78, 5) is 0.926. The molecule has 0 amide bonds. The lowest BCUT2D eigenvalue weighted by molar-refractivity contribution is 0.686. The molecule has 3 heteroatoms. The summed E-state index contributed by atoms with van der Waals surface area (Å²) in [5, 5.41) is 0. The van der Waals surface area contributed by atoms with Gasteiger partial charge in [0.2, 0.25) is 0 Å². The van der Waals surface area contributed by atoms with E-state index in [1.165, 1.54) is 22.3 Å². The van der Waals surface area contributed by atoms with E-state index in [9.17, 15) is 4.21 Å². The molecule has 2 aliphatic rings. The van der Waals surface area contributed by atoms with Crippen molar-refractivity contribution in [1.29, 1.82) is 0 Å². The van der Waals surface area contributed by atoms with E-state index in [0.29, 0.717) is 0 Å². The fourth-order valence-corrected chi connectivity index (χ4v) is 3.46. The summed E-state index contributed by atoms with van der Waals surface area (Å²) in [7, 11) is -1.10. The first kappa shape index (κ1) is 8.53. The molecule has 2 aromatic rings. The Kier molecular flexibility index (Phi) is 1.46. The zero-order valence-corrected chi connectivity index (χ0v) is 9.30. The summed E-state index contributed by atoms with van der Waals surface area (Å²) in [6.45, 7) is 0. The Morgan fingerprint density at radius 3 is 2.94 bits per heavy atom. The van der Waals surface area contributed by atoms with E-state index >= 15 is 0 Å². The third-order valence-electron chi connectivity index (χ3n) is 3.21. The Morgan fingerprint density at radius 2 is 2.00 bits per heavy atom. The van der Waals surface area contributed by atoms with Gasteiger partial charge >= 0.3 is 0 Å². The molecule has 2 aromatic carbocycles. The van der Waals surface area contributed by atoms with Crippen molar-refractivity contribution >= 4 is 16.7 Å². The van der Waals surface area contributed by atoms with Gasteiger partial charge in [-0.1, -0.05) is 24.3 Å². The third kappa shape index (κ3) is 0.985. The normalized spacial score (nSPS) is 19.1. The number of anilines is 1. The van der Waals surface area contributed by atoms with Crippen molar-refractivity contribution in [2.45, 2.75) is 11.3 Å². The molecular formula is C13H9NOS. The zero-order valence-electron chi connectivity index (χ0n) is 8.49. The van der Waals surface area contributed by atoms with Gasteiger partial charge in [-0.3, -0.25) is 0 Å². The summed E-state index contributed by atoms with van der Waals surface area (Å²) < 4.78 is 15.1. The molecule has 2 nitrogen and oxygen atoms in total. The van der Waals surface area contributed by atoms with E-state index in [4.69, 9.17) is 0 Å². The average Bonchev–Trinajstić information content (AvgIpc) is 3.07. The molecule has 0 aromatic heterocycles. The Morgan fingerprint density at radius 1 is 1.12 bits per heavy atom. The lowest BCUT2D eigenvalue weighted by Gasteiger charge is -2.20. The van der Waals surface area contributed by atoms with Crippen LogP contribution in [-0.4, -0.2) is 4.21 Å². The topological polar surface area (TPSA) is 29.1 Å². The molecular weight excluding hydrogens is 218 g/mol. The minimum atomic E-state index is -1.10. The standard InChI is InChI=1S/C13H9NOS/c15-16-12-6-5-8-7-10(8)13(12)9-3-1-2-4-11(9)14-16/h1-6,14H,7H2. The second-order valence-corrected chi connectivity index (χ2v) is 5.35. The number of benzene rings is 2. The number of fused-ring (bicyclic) bond motifs is 5. The van der Waals surface area contributed by atoms with Crippen molar-refractivity contribution in [3.05, 3.63) is 47.5 Å². The van der Waals surface area contributed by atoms with Crippen molar-refractivity contribution < 1.29 is 4.21 Å². The Bertz CT molecular complexity index is 648. The molecule has 1 unspecified atom stereocenters. The van der Waals surface area contributed by atoms with Crippen LogP contribution in [-0.2, 0) is 17.4 Å². The van der Waals surface area contributed by atoms with E-state index in [0.717, 1.165) is 17.0 Å². The summed E-state index contributed by atoms with van der Waals surface area (Å²) in [5.74, 6) is 0. The molecule has 1 N–H and O–H groups in total. The van der Waals surface area contributed by atoms with Crippen LogP contribution < -0.4 is 4.72 Å². The van der Waals surface area contributed by atoms with Crippen molar-refractivity contribution in [3.8, 4) is 11.1 Å². The summed E-state index contributed by atoms with van der Waals surface area (Å²) in [5.41, 5.74) is 6.14. The highest BCUT2D eigenvalue weighted by Crippen LogP contribution is 2.46. The molecule has 0 saturated heterocycles. The number of rotatable bonds is 0. The number of hydrogen-bond acceptors (Lipinski definition) is 1. The molecule has 1 aliphatic heterocycles. The maximum absolute atomic E-state index is 12.0. The van der Waals surface area contributed by atoms with Gasteiger partial charge in [-0.05, 0) is 29.7 Å². The van der Waals surface area contributed by atoms with Crippen LogP contribution in [0.5, 0.6) is 0 Å². The van der Waals surface area contributed by atoms with E-state index < -0.39 is 11.0 Å². The van der Waals surface area contributed by atoms with Crippen molar-refractivity contribution in [3.63, 3.8) is 0 Å². The van der Waals surface area contributed by atoms with E-state index in [2.05, 4.69) is 16.9 Å².